The number of para-hydroxylation sites is 1. The van der Waals surface area contributed by atoms with Gasteiger partial charge in [-0.05, 0) is 12.1 Å². The van der Waals surface area contributed by atoms with E-state index in [9.17, 15) is 4.79 Å². The number of aliphatic hydroxyl groups is 1. The summed E-state index contributed by atoms with van der Waals surface area (Å²) in [5.41, 5.74) is 0.601. The molecule has 0 aliphatic carbocycles. The number of aliphatic hydroxyl groups excluding tert-OH is 1. The van der Waals surface area contributed by atoms with Crippen LogP contribution in [0.15, 0.2) is 35.3 Å². The van der Waals surface area contributed by atoms with Crippen molar-refractivity contribution in [2.75, 3.05) is 0 Å². The summed E-state index contributed by atoms with van der Waals surface area (Å²) in [6.45, 7) is -0.285. The van der Waals surface area contributed by atoms with Crippen molar-refractivity contribution in [2.45, 2.75) is 6.61 Å². The van der Waals surface area contributed by atoms with Crippen LogP contribution in [-0.4, -0.2) is 14.9 Å². The highest BCUT2D eigenvalue weighted by Gasteiger charge is 2.08. The fourth-order valence-electron chi connectivity index (χ4n) is 1.33. The van der Waals surface area contributed by atoms with E-state index in [2.05, 4.69) is 5.10 Å². The lowest BCUT2D eigenvalue weighted by Gasteiger charge is -2.02. The third kappa shape index (κ3) is 1.69. The Kier molecular flexibility index (Phi) is 2.62. The number of nitrogens with zero attached hydrogens (tertiary/aromatic N) is 1. The van der Waals surface area contributed by atoms with Crippen LogP contribution in [0.5, 0.6) is 0 Å². The van der Waals surface area contributed by atoms with Crippen molar-refractivity contribution in [1.29, 1.82) is 0 Å². The van der Waals surface area contributed by atoms with Crippen LogP contribution in [0.3, 0.4) is 0 Å². The highest BCUT2D eigenvalue weighted by Crippen LogP contribution is 2.17. The molecule has 5 heteroatoms. The van der Waals surface area contributed by atoms with Gasteiger partial charge in [-0.15, -0.1) is 0 Å². The molecule has 0 saturated heterocycles. The second kappa shape index (κ2) is 3.92. The Balaban J connectivity index is 2.60. The summed E-state index contributed by atoms with van der Waals surface area (Å²) in [5, 5.41) is 12.1. The molecule has 1 aromatic heterocycles. The minimum atomic E-state index is -0.286. The lowest BCUT2D eigenvalue weighted by molar-refractivity contribution is 0.280. The van der Waals surface area contributed by atoms with E-state index in [1.165, 1.54) is 10.9 Å². The van der Waals surface area contributed by atoms with Crippen LogP contribution in [0.25, 0.3) is 5.69 Å². The van der Waals surface area contributed by atoms with Crippen LogP contribution in [0.4, 0.5) is 0 Å². The number of aromatic nitrogens is 2. The molecule has 1 aromatic carbocycles. The molecule has 0 saturated carbocycles. The van der Waals surface area contributed by atoms with Crippen molar-refractivity contribution < 1.29 is 5.11 Å². The molecule has 2 rings (SSSR count). The molecule has 0 bridgehead atoms. The molecule has 4 nitrogen and oxygen atoms in total. The molecule has 15 heavy (non-hydrogen) atoms. The van der Waals surface area contributed by atoms with Gasteiger partial charge in [-0.1, -0.05) is 23.7 Å². The van der Waals surface area contributed by atoms with Gasteiger partial charge in [0, 0.05) is 6.20 Å². The summed E-state index contributed by atoms with van der Waals surface area (Å²) in [6, 6.07) is 6.99. The highest BCUT2D eigenvalue weighted by molar-refractivity contribution is 6.32. The second-order valence-electron chi connectivity index (χ2n) is 3.05. The molecule has 0 spiro atoms. The van der Waals surface area contributed by atoms with Gasteiger partial charge >= 0.3 is 0 Å². The molecule has 0 unspecified atom stereocenters. The Morgan fingerprint density at radius 1 is 1.40 bits per heavy atom. The van der Waals surface area contributed by atoms with Crippen LogP contribution >= 0.6 is 11.6 Å². The summed E-state index contributed by atoms with van der Waals surface area (Å²) in [4.78, 5) is 11.7. The molecule has 78 valence electrons. The number of aromatic amines is 1. The van der Waals surface area contributed by atoms with Crippen LogP contribution in [0, 0.1) is 0 Å². The fourth-order valence-corrected chi connectivity index (χ4v) is 1.55. The second-order valence-corrected chi connectivity index (χ2v) is 3.46. The number of hydrogen-bond acceptors (Lipinski definition) is 2. The fraction of sp³-hybridized carbons (Fsp3) is 0.100. The average molecular weight is 225 g/mol. The van der Waals surface area contributed by atoms with Crippen LogP contribution in [0.1, 0.15) is 5.56 Å². The zero-order valence-electron chi connectivity index (χ0n) is 7.77. The molecule has 0 aliphatic heterocycles. The molecule has 0 amide bonds. The van der Waals surface area contributed by atoms with E-state index < -0.39 is 0 Å². The maximum atomic E-state index is 11.7. The van der Waals surface area contributed by atoms with Gasteiger partial charge in [0.25, 0.3) is 5.56 Å². The summed E-state index contributed by atoms with van der Waals surface area (Å²) in [6.07, 6.45) is 1.46. The van der Waals surface area contributed by atoms with E-state index in [0.717, 1.165) is 0 Å². The zero-order chi connectivity index (χ0) is 10.8. The molecule has 1 heterocycles. The van der Waals surface area contributed by atoms with Crippen molar-refractivity contribution in [1.82, 2.24) is 9.78 Å². The van der Waals surface area contributed by atoms with Gasteiger partial charge in [-0.25, -0.2) is 4.68 Å². The third-order valence-corrected chi connectivity index (χ3v) is 2.43. The lowest BCUT2D eigenvalue weighted by Crippen LogP contribution is -2.17. The van der Waals surface area contributed by atoms with E-state index in [1.54, 1.807) is 24.3 Å². The summed E-state index contributed by atoms with van der Waals surface area (Å²) in [5.74, 6) is 0. The smallest absolute Gasteiger partial charge is 0.276 e. The van der Waals surface area contributed by atoms with Crippen molar-refractivity contribution >= 4 is 11.6 Å². The monoisotopic (exact) mass is 224 g/mol. The zero-order valence-corrected chi connectivity index (χ0v) is 8.53. The van der Waals surface area contributed by atoms with Gasteiger partial charge in [0.1, 0.15) is 0 Å². The molecular formula is C10H9ClN2O2. The van der Waals surface area contributed by atoms with Gasteiger partial charge in [0.05, 0.1) is 22.9 Å². The molecule has 0 aliphatic rings. The SMILES string of the molecule is O=c1c(CO)c[nH]n1-c1ccccc1Cl. The maximum Gasteiger partial charge on any atom is 0.276 e. The number of nitrogens with one attached hydrogen (secondary N) is 1. The predicted octanol–water partition coefficient (Wildman–Crippen LogP) is 1.31. The summed E-state index contributed by atoms with van der Waals surface area (Å²) < 4.78 is 1.30. The van der Waals surface area contributed by atoms with Crippen molar-refractivity contribution in [3.05, 3.63) is 51.4 Å². The van der Waals surface area contributed by atoms with E-state index in [4.69, 9.17) is 16.7 Å². The maximum absolute atomic E-state index is 11.7. The van der Waals surface area contributed by atoms with Gasteiger partial charge in [0.15, 0.2) is 0 Å². The molecule has 2 N–H and O–H groups in total. The Morgan fingerprint density at radius 3 is 2.73 bits per heavy atom. The first kappa shape index (κ1) is 10.0. The van der Waals surface area contributed by atoms with Crippen molar-refractivity contribution in [2.24, 2.45) is 0 Å². The number of rotatable bonds is 2. The molecule has 0 atom stereocenters. The molecule has 0 radical (unpaired) electrons. The molecular weight excluding hydrogens is 216 g/mol. The van der Waals surface area contributed by atoms with Gasteiger partial charge in [-0.2, -0.15) is 0 Å². The number of H-pyrrole nitrogens is 1. The largest absolute Gasteiger partial charge is 0.391 e. The van der Waals surface area contributed by atoms with E-state index in [1.807, 2.05) is 0 Å². The standard InChI is InChI=1S/C10H9ClN2O2/c11-8-3-1-2-4-9(8)13-10(15)7(6-14)5-12-13/h1-5,12,14H,6H2. The minimum Gasteiger partial charge on any atom is -0.391 e. The average Bonchev–Trinajstić information content (AvgIpc) is 2.60. The Labute approximate surface area is 90.7 Å². The van der Waals surface area contributed by atoms with Crippen molar-refractivity contribution in [3.63, 3.8) is 0 Å². The van der Waals surface area contributed by atoms with E-state index in [-0.39, 0.29) is 12.2 Å². The van der Waals surface area contributed by atoms with Gasteiger partial charge in [0.2, 0.25) is 0 Å². The van der Waals surface area contributed by atoms with Gasteiger partial charge < -0.3 is 5.11 Å². The topological polar surface area (TPSA) is 58.0 Å². The van der Waals surface area contributed by atoms with Gasteiger partial charge in [-0.3, -0.25) is 9.89 Å². The number of benzene rings is 1. The number of halogens is 1. The Bertz CT molecular complexity index is 530. The summed E-state index contributed by atoms with van der Waals surface area (Å²) >= 11 is 5.94. The minimum absolute atomic E-state index is 0.285. The molecule has 2 aromatic rings. The predicted molar refractivity (Wildman–Crippen MR) is 57.3 cm³/mol. The third-order valence-electron chi connectivity index (χ3n) is 2.11. The lowest BCUT2D eigenvalue weighted by atomic mass is 10.3. The number of hydrogen-bond donors (Lipinski definition) is 2. The Morgan fingerprint density at radius 2 is 2.13 bits per heavy atom. The van der Waals surface area contributed by atoms with Crippen LogP contribution < -0.4 is 5.56 Å². The van der Waals surface area contributed by atoms with E-state index in [0.29, 0.717) is 16.3 Å². The highest BCUT2D eigenvalue weighted by atomic mass is 35.5. The summed E-state index contributed by atoms with van der Waals surface area (Å²) in [7, 11) is 0. The van der Waals surface area contributed by atoms with Crippen LogP contribution in [0.2, 0.25) is 5.02 Å². The normalized spacial score (nSPS) is 10.5. The first-order chi connectivity index (χ1) is 7.24. The van der Waals surface area contributed by atoms with E-state index >= 15 is 0 Å². The quantitative estimate of drug-likeness (QED) is 0.808. The molecule has 0 fully saturated rings. The van der Waals surface area contributed by atoms with Crippen molar-refractivity contribution in [3.8, 4) is 5.69 Å². The first-order valence-electron chi connectivity index (χ1n) is 4.39. The first-order valence-corrected chi connectivity index (χ1v) is 4.77. The Hall–Kier alpha value is -1.52. The van der Waals surface area contributed by atoms with Crippen LogP contribution in [-0.2, 0) is 6.61 Å².